The second-order valence-electron chi connectivity index (χ2n) is 5.41. The highest BCUT2D eigenvalue weighted by atomic mass is 16.5. The summed E-state index contributed by atoms with van der Waals surface area (Å²) in [7, 11) is 0. The molecule has 2 nitrogen and oxygen atoms in total. The number of benzene rings is 2. The molecule has 0 fully saturated rings. The van der Waals surface area contributed by atoms with Crippen molar-refractivity contribution in [1.82, 2.24) is 0 Å². The zero-order valence-corrected chi connectivity index (χ0v) is 13.0. The van der Waals surface area contributed by atoms with Crippen LogP contribution in [0.4, 0.5) is 0 Å². The van der Waals surface area contributed by atoms with E-state index in [0.29, 0.717) is 6.61 Å². The van der Waals surface area contributed by atoms with Crippen molar-refractivity contribution in [2.75, 3.05) is 0 Å². The molecule has 0 amide bonds. The molecule has 0 aliphatic heterocycles. The Bertz CT molecular complexity index is 644. The number of hydrogen-bond donors (Lipinski definition) is 0. The Morgan fingerprint density at radius 1 is 1.00 bits per heavy atom. The first-order valence-corrected chi connectivity index (χ1v) is 7.57. The van der Waals surface area contributed by atoms with Crippen LogP contribution in [-0.2, 0) is 35.4 Å². The largest absolute Gasteiger partial charge is 0.461 e. The van der Waals surface area contributed by atoms with Gasteiger partial charge in [-0.2, -0.15) is 0 Å². The fourth-order valence-electron chi connectivity index (χ4n) is 2.43. The van der Waals surface area contributed by atoms with Crippen molar-refractivity contribution in [3.05, 3.63) is 83.4 Å². The maximum Gasteiger partial charge on any atom is 0.302 e. The third-order valence-corrected chi connectivity index (χ3v) is 3.51. The van der Waals surface area contributed by atoms with Crippen LogP contribution in [0.5, 0.6) is 0 Å². The molecule has 0 saturated carbocycles. The van der Waals surface area contributed by atoms with Crippen LogP contribution < -0.4 is 0 Å². The molecule has 2 rings (SSSR count). The van der Waals surface area contributed by atoms with Crippen molar-refractivity contribution in [3.63, 3.8) is 0 Å². The van der Waals surface area contributed by atoms with Gasteiger partial charge in [0.25, 0.3) is 0 Å². The number of ether oxygens (including phenoxy) is 1. The smallest absolute Gasteiger partial charge is 0.302 e. The maximum atomic E-state index is 10.9. The molecule has 0 saturated heterocycles. The zero-order chi connectivity index (χ0) is 15.8. The molecule has 2 heteroatoms. The van der Waals surface area contributed by atoms with Crippen LogP contribution in [0.15, 0.2) is 61.2 Å². The van der Waals surface area contributed by atoms with Gasteiger partial charge in [0.2, 0.25) is 0 Å². The molecule has 0 aliphatic carbocycles. The Morgan fingerprint density at radius 3 is 2.14 bits per heavy atom. The fourth-order valence-corrected chi connectivity index (χ4v) is 2.43. The molecule has 0 bridgehead atoms. The van der Waals surface area contributed by atoms with Crippen molar-refractivity contribution in [3.8, 4) is 0 Å². The molecule has 0 aromatic heterocycles. The number of esters is 1. The lowest BCUT2D eigenvalue weighted by atomic mass is 10.0. The molecule has 114 valence electrons. The highest BCUT2D eigenvalue weighted by molar-refractivity contribution is 5.65. The summed E-state index contributed by atoms with van der Waals surface area (Å²) in [5.41, 5.74) is 4.94. The molecular weight excluding hydrogens is 272 g/mol. The molecule has 0 atom stereocenters. The Labute approximate surface area is 132 Å². The van der Waals surface area contributed by atoms with Crippen LogP contribution in [-0.4, -0.2) is 5.97 Å². The summed E-state index contributed by atoms with van der Waals surface area (Å²) in [6.45, 7) is 5.56. The van der Waals surface area contributed by atoms with Gasteiger partial charge in [-0.25, -0.2) is 0 Å². The molecule has 0 radical (unpaired) electrons. The lowest BCUT2D eigenvalue weighted by Crippen LogP contribution is -2.00. The lowest BCUT2D eigenvalue weighted by Gasteiger charge is -2.07. The Hall–Kier alpha value is -2.35. The number of carbonyl (C=O) groups is 1. The number of hydrogen-bond acceptors (Lipinski definition) is 2. The van der Waals surface area contributed by atoms with Crippen molar-refractivity contribution in [2.24, 2.45) is 0 Å². The summed E-state index contributed by atoms with van der Waals surface area (Å²) in [4.78, 5) is 10.9. The molecule has 2 aromatic rings. The van der Waals surface area contributed by atoms with Gasteiger partial charge in [0, 0.05) is 6.92 Å². The number of allylic oxidation sites excluding steroid dienone is 1. The molecular formula is C20H22O2. The van der Waals surface area contributed by atoms with Gasteiger partial charge in [-0.1, -0.05) is 54.6 Å². The van der Waals surface area contributed by atoms with Crippen molar-refractivity contribution in [2.45, 2.75) is 32.8 Å². The summed E-state index contributed by atoms with van der Waals surface area (Å²) in [5.74, 6) is -0.246. The minimum atomic E-state index is -0.246. The number of aryl methyl sites for hydroxylation is 2. The normalized spacial score (nSPS) is 10.2. The molecule has 0 spiro atoms. The van der Waals surface area contributed by atoms with Crippen molar-refractivity contribution >= 4 is 5.97 Å². The van der Waals surface area contributed by atoms with E-state index >= 15 is 0 Å². The Balaban J connectivity index is 1.96. The summed E-state index contributed by atoms with van der Waals surface area (Å²) in [6, 6.07) is 16.9. The van der Waals surface area contributed by atoms with Crippen LogP contribution in [0.1, 0.15) is 29.2 Å². The summed E-state index contributed by atoms with van der Waals surface area (Å²) in [5, 5.41) is 0. The highest BCUT2D eigenvalue weighted by Gasteiger charge is 2.01. The summed E-state index contributed by atoms with van der Waals surface area (Å²) in [6.07, 6.45) is 4.82. The van der Waals surface area contributed by atoms with Gasteiger partial charge in [-0.05, 0) is 41.5 Å². The monoisotopic (exact) mass is 294 g/mol. The summed E-state index contributed by atoms with van der Waals surface area (Å²) >= 11 is 0. The third-order valence-electron chi connectivity index (χ3n) is 3.51. The third kappa shape index (κ3) is 5.21. The van der Waals surface area contributed by atoms with E-state index < -0.39 is 0 Å². The first kappa shape index (κ1) is 16.0. The molecule has 0 aliphatic rings. The molecule has 0 N–H and O–H groups in total. The average Bonchev–Trinajstić information content (AvgIpc) is 2.52. The average molecular weight is 294 g/mol. The Morgan fingerprint density at radius 2 is 1.55 bits per heavy atom. The van der Waals surface area contributed by atoms with E-state index in [2.05, 4.69) is 43.0 Å². The lowest BCUT2D eigenvalue weighted by molar-refractivity contribution is -0.142. The predicted molar refractivity (Wildman–Crippen MR) is 89.7 cm³/mol. The first-order valence-electron chi connectivity index (χ1n) is 7.57. The van der Waals surface area contributed by atoms with Gasteiger partial charge in [-0.15, -0.1) is 6.58 Å². The topological polar surface area (TPSA) is 26.3 Å². The van der Waals surface area contributed by atoms with Crippen LogP contribution >= 0.6 is 0 Å². The predicted octanol–water partition coefficient (Wildman–Crippen LogP) is 4.26. The second-order valence-corrected chi connectivity index (χ2v) is 5.41. The molecule has 0 unspecified atom stereocenters. The van der Waals surface area contributed by atoms with Gasteiger partial charge in [0.15, 0.2) is 0 Å². The molecule has 2 aromatic carbocycles. The molecule has 22 heavy (non-hydrogen) atoms. The zero-order valence-electron chi connectivity index (χ0n) is 13.0. The van der Waals surface area contributed by atoms with E-state index in [0.717, 1.165) is 24.8 Å². The van der Waals surface area contributed by atoms with Gasteiger partial charge in [0.05, 0.1) is 0 Å². The van der Waals surface area contributed by atoms with Crippen LogP contribution in [0.2, 0.25) is 0 Å². The number of carbonyl (C=O) groups excluding carboxylic acids is 1. The van der Waals surface area contributed by atoms with E-state index in [9.17, 15) is 4.79 Å². The first-order chi connectivity index (χ1) is 10.7. The minimum Gasteiger partial charge on any atom is -0.461 e. The minimum absolute atomic E-state index is 0.246. The Kier molecular flexibility index (Phi) is 5.96. The van der Waals surface area contributed by atoms with Crippen LogP contribution in [0.25, 0.3) is 0 Å². The van der Waals surface area contributed by atoms with Gasteiger partial charge >= 0.3 is 5.97 Å². The van der Waals surface area contributed by atoms with Crippen LogP contribution in [0.3, 0.4) is 0 Å². The van der Waals surface area contributed by atoms with Gasteiger partial charge in [0.1, 0.15) is 6.61 Å². The quantitative estimate of drug-likeness (QED) is 0.563. The van der Waals surface area contributed by atoms with E-state index in [4.69, 9.17) is 4.74 Å². The van der Waals surface area contributed by atoms with E-state index in [-0.39, 0.29) is 5.97 Å². The second kappa shape index (κ2) is 8.18. The standard InChI is InChI=1S/C20H22O2/c1-3-6-17-7-4-8-18(13-17)11-12-19-9-5-10-20(14-19)15-22-16(2)21/h3-5,7-10,13-14H,1,6,11-12,15H2,2H3. The van der Waals surface area contributed by atoms with Gasteiger partial charge < -0.3 is 4.74 Å². The molecule has 0 heterocycles. The van der Waals surface area contributed by atoms with E-state index in [1.807, 2.05) is 18.2 Å². The number of rotatable bonds is 7. The van der Waals surface area contributed by atoms with Crippen molar-refractivity contribution in [1.29, 1.82) is 0 Å². The van der Waals surface area contributed by atoms with Crippen LogP contribution in [0, 0.1) is 0 Å². The van der Waals surface area contributed by atoms with Gasteiger partial charge in [-0.3, -0.25) is 4.79 Å². The maximum absolute atomic E-state index is 10.9. The summed E-state index contributed by atoms with van der Waals surface area (Å²) < 4.78 is 5.04. The fraction of sp³-hybridized carbons (Fsp3) is 0.250. The highest BCUT2D eigenvalue weighted by Crippen LogP contribution is 2.12. The van der Waals surface area contributed by atoms with Crippen molar-refractivity contribution < 1.29 is 9.53 Å². The van der Waals surface area contributed by atoms with E-state index in [1.54, 1.807) is 0 Å². The van der Waals surface area contributed by atoms with E-state index in [1.165, 1.54) is 23.6 Å². The SMILES string of the molecule is C=CCc1cccc(CCc2cccc(COC(C)=O)c2)c1.